The molecule has 2 aromatic rings. The van der Waals surface area contributed by atoms with E-state index in [1.807, 2.05) is 26.0 Å². The summed E-state index contributed by atoms with van der Waals surface area (Å²) in [5.41, 5.74) is 1.05. The van der Waals surface area contributed by atoms with Gasteiger partial charge >= 0.3 is 0 Å². The van der Waals surface area contributed by atoms with Crippen LogP contribution < -0.4 is 10.0 Å². The molecule has 2 N–H and O–H groups in total. The second kappa shape index (κ2) is 6.69. The monoisotopic (exact) mass is 305 g/mol. The Labute approximate surface area is 125 Å². The van der Waals surface area contributed by atoms with Crippen molar-refractivity contribution in [3.8, 4) is 0 Å². The van der Waals surface area contributed by atoms with Crippen molar-refractivity contribution in [3.63, 3.8) is 0 Å². The number of anilines is 1. The summed E-state index contributed by atoms with van der Waals surface area (Å²) < 4.78 is 26.9. The Bertz CT molecular complexity index is 670. The minimum Gasteiger partial charge on any atom is -0.310 e. The van der Waals surface area contributed by atoms with Crippen molar-refractivity contribution in [2.45, 2.75) is 24.8 Å². The van der Waals surface area contributed by atoms with Crippen molar-refractivity contribution in [3.05, 3.63) is 54.2 Å². The van der Waals surface area contributed by atoms with E-state index in [0.29, 0.717) is 5.82 Å². The quantitative estimate of drug-likeness (QED) is 0.860. The number of nitrogens with one attached hydrogen (secondary N) is 2. The molecular weight excluding hydrogens is 286 g/mol. The molecule has 0 spiro atoms. The fourth-order valence-corrected chi connectivity index (χ4v) is 2.99. The highest BCUT2D eigenvalue weighted by Crippen LogP contribution is 2.18. The largest absolute Gasteiger partial charge is 0.310 e. The lowest BCUT2D eigenvalue weighted by Crippen LogP contribution is -2.18. The molecule has 112 valence electrons. The van der Waals surface area contributed by atoms with Crippen molar-refractivity contribution in [2.75, 3.05) is 11.3 Å². The minimum absolute atomic E-state index is 0.190. The zero-order chi connectivity index (χ0) is 15.3. The van der Waals surface area contributed by atoms with Gasteiger partial charge in [-0.3, -0.25) is 4.72 Å². The molecule has 5 nitrogen and oxygen atoms in total. The lowest BCUT2D eigenvalue weighted by molar-refractivity contribution is 0.594. The van der Waals surface area contributed by atoms with Gasteiger partial charge in [0.2, 0.25) is 0 Å². The van der Waals surface area contributed by atoms with Crippen LogP contribution in [0.25, 0.3) is 0 Å². The summed E-state index contributed by atoms with van der Waals surface area (Å²) in [6.07, 6.45) is 1.54. The normalized spacial score (nSPS) is 12.9. The van der Waals surface area contributed by atoms with E-state index in [2.05, 4.69) is 15.0 Å². The highest BCUT2D eigenvalue weighted by molar-refractivity contribution is 7.92. The minimum atomic E-state index is -3.60. The van der Waals surface area contributed by atoms with Gasteiger partial charge < -0.3 is 5.32 Å². The molecule has 0 aliphatic rings. The van der Waals surface area contributed by atoms with Gasteiger partial charge in [-0.05, 0) is 43.3 Å². The van der Waals surface area contributed by atoms with E-state index in [0.717, 1.165) is 12.1 Å². The van der Waals surface area contributed by atoms with Crippen LogP contribution >= 0.6 is 0 Å². The van der Waals surface area contributed by atoms with Gasteiger partial charge in [0, 0.05) is 12.2 Å². The molecule has 1 aromatic heterocycles. The Morgan fingerprint density at radius 3 is 2.43 bits per heavy atom. The highest BCUT2D eigenvalue weighted by atomic mass is 32.2. The van der Waals surface area contributed by atoms with Gasteiger partial charge in [0.15, 0.2) is 0 Å². The van der Waals surface area contributed by atoms with E-state index in [9.17, 15) is 8.42 Å². The van der Waals surface area contributed by atoms with E-state index in [-0.39, 0.29) is 10.9 Å². The molecule has 0 radical (unpaired) electrons. The van der Waals surface area contributed by atoms with Gasteiger partial charge in [-0.25, -0.2) is 13.4 Å². The van der Waals surface area contributed by atoms with Crippen molar-refractivity contribution in [1.29, 1.82) is 0 Å². The van der Waals surface area contributed by atoms with E-state index in [1.165, 1.54) is 0 Å². The lowest BCUT2D eigenvalue weighted by Gasteiger charge is -2.13. The fourth-order valence-electron chi connectivity index (χ4n) is 1.98. The number of sulfonamides is 1. The first kappa shape index (κ1) is 15.5. The maximum Gasteiger partial charge on any atom is 0.263 e. The van der Waals surface area contributed by atoms with Crippen LogP contribution in [0.1, 0.15) is 25.5 Å². The maximum atomic E-state index is 12.2. The highest BCUT2D eigenvalue weighted by Gasteiger charge is 2.15. The zero-order valence-corrected chi connectivity index (χ0v) is 12.9. The third kappa shape index (κ3) is 4.03. The Morgan fingerprint density at radius 1 is 1.14 bits per heavy atom. The van der Waals surface area contributed by atoms with Crippen LogP contribution in [0.15, 0.2) is 53.6 Å². The Balaban J connectivity index is 2.17. The first-order valence-electron chi connectivity index (χ1n) is 6.80. The fraction of sp³-hybridized carbons (Fsp3) is 0.267. The van der Waals surface area contributed by atoms with E-state index < -0.39 is 10.0 Å². The summed E-state index contributed by atoms with van der Waals surface area (Å²) in [6, 6.07) is 12.1. The molecule has 1 aromatic carbocycles. The van der Waals surface area contributed by atoms with Gasteiger partial charge in [-0.1, -0.05) is 25.1 Å². The molecule has 0 amide bonds. The lowest BCUT2D eigenvalue weighted by atomic mass is 10.1. The molecule has 1 atom stereocenters. The number of nitrogens with zero attached hydrogens (tertiary/aromatic N) is 1. The molecule has 0 fully saturated rings. The number of pyridine rings is 1. The number of benzene rings is 1. The van der Waals surface area contributed by atoms with E-state index in [1.54, 1.807) is 36.5 Å². The van der Waals surface area contributed by atoms with Crippen molar-refractivity contribution >= 4 is 15.8 Å². The SMILES string of the molecule is CCNC(C)c1ccc(S(=O)(=O)Nc2ccccn2)cc1. The smallest absolute Gasteiger partial charge is 0.263 e. The molecule has 0 saturated heterocycles. The van der Waals surface area contributed by atoms with E-state index in [4.69, 9.17) is 0 Å². The second-order valence-corrected chi connectivity index (χ2v) is 6.35. The average Bonchev–Trinajstić information content (AvgIpc) is 2.48. The van der Waals surface area contributed by atoms with Gasteiger partial charge in [-0.2, -0.15) is 0 Å². The number of aromatic nitrogens is 1. The summed E-state index contributed by atoms with van der Waals surface area (Å²) in [5, 5.41) is 3.28. The van der Waals surface area contributed by atoms with E-state index >= 15 is 0 Å². The Kier molecular flexibility index (Phi) is 4.93. The molecular formula is C15H19N3O2S. The van der Waals surface area contributed by atoms with Crippen LogP contribution in [0.5, 0.6) is 0 Å². The summed E-state index contributed by atoms with van der Waals surface area (Å²) in [5.74, 6) is 0.308. The molecule has 0 aliphatic heterocycles. The first-order chi connectivity index (χ1) is 10.0. The molecule has 1 heterocycles. The summed E-state index contributed by atoms with van der Waals surface area (Å²) in [7, 11) is -3.60. The van der Waals surface area contributed by atoms with Crippen LogP contribution in [-0.2, 0) is 10.0 Å². The molecule has 21 heavy (non-hydrogen) atoms. The maximum absolute atomic E-state index is 12.2. The van der Waals surface area contributed by atoms with Crippen LogP contribution in [0, 0.1) is 0 Å². The Hall–Kier alpha value is -1.92. The standard InChI is InChI=1S/C15H19N3O2S/c1-3-16-12(2)13-7-9-14(10-8-13)21(19,20)18-15-6-4-5-11-17-15/h4-12,16H,3H2,1-2H3,(H,17,18). The summed E-state index contributed by atoms with van der Waals surface area (Å²) >= 11 is 0. The van der Waals surface area contributed by atoms with Gasteiger partial charge in [-0.15, -0.1) is 0 Å². The number of rotatable bonds is 6. The predicted molar refractivity (Wildman–Crippen MR) is 83.6 cm³/mol. The first-order valence-corrected chi connectivity index (χ1v) is 8.28. The summed E-state index contributed by atoms with van der Waals surface area (Å²) in [6.45, 7) is 4.94. The zero-order valence-electron chi connectivity index (χ0n) is 12.1. The molecule has 1 unspecified atom stereocenters. The third-order valence-corrected chi connectivity index (χ3v) is 4.48. The van der Waals surface area contributed by atoms with Gasteiger partial charge in [0.1, 0.15) is 5.82 Å². The number of hydrogen-bond acceptors (Lipinski definition) is 4. The molecule has 2 rings (SSSR count). The predicted octanol–water partition coefficient (Wildman–Crippen LogP) is 2.55. The van der Waals surface area contributed by atoms with Crippen molar-refractivity contribution < 1.29 is 8.42 Å². The molecule has 0 saturated carbocycles. The van der Waals surface area contributed by atoms with Crippen LogP contribution in [0.3, 0.4) is 0 Å². The van der Waals surface area contributed by atoms with Crippen LogP contribution in [0.4, 0.5) is 5.82 Å². The molecule has 6 heteroatoms. The van der Waals surface area contributed by atoms with Crippen molar-refractivity contribution in [2.24, 2.45) is 0 Å². The van der Waals surface area contributed by atoms with Gasteiger partial charge in [0.05, 0.1) is 4.90 Å². The topological polar surface area (TPSA) is 71.1 Å². The average molecular weight is 305 g/mol. The number of hydrogen-bond donors (Lipinski definition) is 2. The molecule has 0 bridgehead atoms. The van der Waals surface area contributed by atoms with Gasteiger partial charge in [0.25, 0.3) is 10.0 Å². The second-order valence-electron chi connectivity index (χ2n) is 4.67. The van der Waals surface area contributed by atoms with Crippen molar-refractivity contribution in [1.82, 2.24) is 10.3 Å². The molecule has 0 aliphatic carbocycles. The van der Waals surface area contributed by atoms with Crippen LogP contribution in [-0.4, -0.2) is 19.9 Å². The summed E-state index contributed by atoms with van der Waals surface area (Å²) in [4.78, 5) is 4.18. The Morgan fingerprint density at radius 2 is 1.86 bits per heavy atom. The third-order valence-electron chi connectivity index (χ3n) is 3.10. The van der Waals surface area contributed by atoms with Crippen LogP contribution in [0.2, 0.25) is 0 Å².